The largest absolute Gasteiger partial charge is 0.357 e. The number of para-hydroxylation sites is 1. The van der Waals surface area contributed by atoms with Crippen LogP contribution >= 0.6 is 0 Å². The molecule has 114 valence electrons. The topological polar surface area (TPSA) is 48.1 Å². The zero-order chi connectivity index (χ0) is 15.4. The Kier molecular flexibility index (Phi) is 5.02. The maximum atomic E-state index is 12.0. The van der Waals surface area contributed by atoms with Gasteiger partial charge >= 0.3 is 0 Å². The summed E-state index contributed by atoms with van der Waals surface area (Å²) in [5, 5.41) is 4.20. The number of H-pyrrole nitrogens is 1. The van der Waals surface area contributed by atoms with Gasteiger partial charge in [-0.05, 0) is 38.9 Å². The van der Waals surface area contributed by atoms with E-state index >= 15 is 0 Å². The van der Waals surface area contributed by atoms with Crippen molar-refractivity contribution in [3.63, 3.8) is 0 Å². The Morgan fingerprint density at radius 2 is 2.10 bits per heavy atom. The molecule has 4 nitrogen and oxygen atoms in total. The molecule has 0 aliphatic rings. The van der Waals surface area contributed by atoms with Gasteiger partial charge in [0.2, 0.25) is 5.91 Å². The molecule has 1 atom stereocenters. The minimum atomic E-state index is -0.137. The first kappa shape index (κ1) is 15.6. The van der Waals surface area contributed by atoms with E-state index in [1.807, 2.05) is 20.0 Å². The number of aromatic amines is 1. The van der Waals surface area contributed by atoms with Crippen LogP contribution in [0.1, 0.15) is 31.5 Å². The second-order valence-electron chi connectivity index (χ2n) is 5.66. The minimum Gasteiger partial charge on any atom is -0.357 e. The number of hydrogen-bond acceptors (Lipinski definition) is 2. The van der Waals surface area contributed by atoms with Gasteiger partial charge in [-0.15, -0.1) is 0 Å². The van der Waals surface area contributed by atoms with Crippen molar-refractivity contribution in [2.24, 2.45) is 0 Å². The maximum Gasteiger partial charge on any atom is 0.237 e. The molecule has 0 fully saturated rings. The average molecular weight is 287 g/mol. The first-order chi connectivity index (χ1) is 10.0. The zero-order valence-corrected chi connectivity index (χ0v) is 13.4. The molecular weight excluding hydrogens is 262 g/mol. The number of amides is 1. The molecule has 2 N–H and O–H groups in total. The Morgan fingerprint density at radius 3 is 2.76 bits per heavy atom. The van der Waals surface area contributed by atoms with Crippen molar-refractivity contribution in [1.29, 1.82) is 0 Å². The summed E-state index contributed by atoms with van der Waals surface area (Å²) in [5.74, 6) is 0.0908. The molecule has 0 aliphatic heterocycles. The molecule has 1 amide bonds. The van der Waals surface area contributed by atoms with Crippen LogP contribution in [0.5, 0.6) is 0 Å². The summed E-state index contributed by atoms with van der Waals surface area (Å²) in [6, 6.07) is 8.16. The third-order valence-electron chi connectivity index (χ3n) is 4.07. The van der Waals surface area contributed by atoms with Gasteiger partial charge in [0.05, 0.1) is 6.04 Å². The molecule has 0 saturated heterocycles. The fourth-order valence-corrected chi connectivity index (χ4v) is 2.48. The van der Waals surface area contributed by atoms with Crippen LogP contribution in [0.3, 0.4) is 0 Å². The molecule has 21 heavy (non-hydrogen) atoms. The van der Waals surface area contributed by atoms with Crippen LogP contribution in [0.25, 0.3) is 10.9 Å². The Morgan fingerprint density at radius 1 is 1.38 bits per heavy atom. The molecule has 0 bridgehead atoms. The van der Waals surface area contributed by atoms with E-state index in [-0.39, 0.29) is 11.9 Å². The van der Waals surface area contributed by atoms with Gasteiger partial charge in [0, 0.05) is 29.7 Å². The monoisotopic (exact) mass is 287 g/mol. The molecule has 1 aromatic heterocycles. The Balaban J connectivity index is 2.08. The summed E-state index contributed by atoms with van der Waals surface area (Å²) in [6.45, 7) is 7.61. The van der Waals surface area contributed by atoms with E-state index in [2.05, 4.69) is 47.2 Å². The van der Waals surface area contributed by atoms with E-state index in [0.717, 1.165) is 25.0 Å². The van der Waals surface area contributed by atoms with Crippen molar-refractivity contribution in [2.45, 2.75) is 39.8 Å². The van der Waals surface area contributed by atoms with E-state index in [4.69, 9.17) is 0 Å². The molecule has 2 aromatic rings. The average Bonchev–Trinajstić information content (AvgIpc) is 2.80. The predicted molar refractivity (Wildman–Crippen MR) is 87.3 cm³/mol. The number of rotatable bonds is 6. The number of aromatic nitrogens is 1. The van der Waals surface area contributed by atoms with Gasteiger partial charge in [0.15, 0.2) is 0 Å². The SMILES string of the molecule is CCCNC(=O)[C@@H](C)N(C)Cc1[nH]c2ccccc2c1C. The molecule has 4 heteroatoms. The quantitative estimate of drug-likeness (QED) is 0.858. The maximum absolute atomic E-state index is 12.0. The van der Waals surface area contributed by atoms with Crippen LogP contribution in [-0.2, 0) is 11.3 Å². The second-order valence-corrected chi connectivity index (χ2v) is 5.66. The smallest absolute Gasteiger partial charge is 0.237 e. The second kappa shape index (κ2) is 6.76. The number of fused-ring (bicyclic) bond motifs is 1. The zero-order valence-electron chi connectivity index (χ0n) is 13.4. The van der Waals surface area contributed by atoms with E-state index < -0.39 is 0 Å². The first-order valence-electron chi connectivity index (χ1n) is 7.58. The number of carbonyl (C=O) groups excluding carboxylic acids is 1. The number of nitrogens with one attached hydrogen (secondary N) is 2. The van der Waals surface area contributed by atoms with Crippen LogP contribution in [0, 0.1) is 6.92 Å². The Bertz CT molecular complexity index is 618. The lowest BCUT2D eigenvalue weighted by atomic mass is 10.1. The molecular formula is C17H25N3O. The lowest BCUT2D eigenvalue weighted by Gasteiger charge is -2.23. The molecule has 2 rings (SSSR count). The van der Waals surface area contributed by atoms with Crippen LogP contribution in [-0.4, -0.2) is 35.4 Å². The van der Waals surface area contributed by atoms with E-state index in [0.29, 0.717) is 0 Å². The van der Waals surface area contributed by atoms with E-state index in [1.54, 1.807) is 0 Å². The number of carbonyl (C=O) groups is 1. The summed E-state index contributed by atoms with van der Waals surface area (Å²) in [4.78, 5) is 17.6. The van der Waals surface area contributed by atoms with Crippen molar-refractivity contribution in [2.75, 3.05) is 13.6 Å². The standard InChI is InChI=1S/C17H25N3O/c1-5-10-18-17(21)13(3)20(4)11-16-12(2)14-8-6-7-9-15(14)19-16/h6-9,13,19H,5,10-11H2,1-4H3,(H,18,21)/t13-/m1/s1. The van der Waals surface area contributed by atoms with Crippen molar-refractivity contribution in [1.82, 2.24) is 15.2 Å². The van der Waals surface area contributed by atoms with E-state index in [1.165, 1.54) is 16.6 Å². The highest BCUT2D eigenvalue weighted by Crippen LogP contribution is 2.22. The summed E-state index contributed by atoms with van der Waals surface area (Å²) in [6.07, 6.45) is 0.962. The lowest BCUT2D eigenvalue weighted by molar-refractivity contribution is -0.125. The van der Waals surface area contributed by atoms with Gasteiger partial charge in [0.1, 0.15) is 0 Å². The van der Waals surface area contributed by atoms with Crippen LogP contribution in [0.15, 0.2) is 24.3 Å². The highest BCUT2D eigenvalue weighted by molar-refractivity contribution is 5.84. The van der Waals surface area contributed by atoms with Gasteiger partial charge in [0.25, 0.3) is 0 Å². The molecule has 0 saturated carbocycles. The van der Waals surface area contributed by atoms with Crippen LogP contribution < -0.4 is 5.32 Å². The summed E-state index contributed by atoms with van der Waals surface area (Å²) < 4.78 is 0. The van der Waals surface area contributed by atoms with Crippen LogP contribution in [0.4, 0.5) is 0 Å². The third kappa shape index (κ3) is 3.45. The highest BCUT2D eigenvalue weighted by atomic mass is 16.2. The normalized spacial score (nSPS) is 12.8. The fourth-order valence-electron chi connectivity index (χ4n) is 2.48. The van der Waals surface area contributed by atoms with Gasteiger partial charge in [-0.1, -0.05) is 25.1 Å². The predicted octanol–water partition coefficient (Wildman–Crippen LogP) is 2.82. The van der Waals surface area contributed by atoms with Crippen molar-refractivity contribution in [3.05, 3.63) is 35.5 Å². The minimum absolute atomic E-state index is 0.0908. The van der Waals surface area contributed by atoms with Crippen LogP contribution in [0.2, 0.25) is 0 Å². The Labute approximate surface area is 126 Å². The van der Waals surface area contributed by atoms with Crippen molar-refractivity contribution in [3.8, 4) is 0 Å². The number of hydrogen-bond donors (Lipinski definition) is 2. The summed E-state index contributed by atoms with van der Waals surface area (Å²) in [5.41, 5.74) is 3.59. The molecule has 1 aromatic carbocycles. The van der Waals surface area contributed by atoms with Crippen molar-refractivity contribution < 1.29 is 4.79 Å². The van der Waals surface area contributed by atoms with Gasteiger partial charge < -0.3 is 10.3 Å². The molecule has 0 radical (unpaired) electrons. The summed E-state index contributed by atoms with van der Waals surface area (Å²) >= 11 is 0. The molecule has 1 heterocycles. The number of benzene rings is 1. The van der Waals surface area contributed by atoms with Crippen molar-refractivity contribution >= 4 is 16.8 Å². The highest BCUT2D eigenvalue weighted by Gasteiger charge is 2.19. The number of likely N-dealkylation sites (N-methyl/N-ethyl adjacent to an activating group) is 1. The lowest BCUT2D eigenvalue weighted by Crippen LogP contribution is -2.43. The van der Waals surface area contributed by atoms with E-state index in [9.17, 15) is 4.79 Å². The third-order valence-corrected chi connectivity index (χ3v) is 4.07. The van der Waals surface area contributed by atoms with Gasteiger partial charge in [-0.25, -0.2) is 0 Å². The molecule has 0 spiro atoms. The van der Waals surface area contributed by atoms with Gasteiger partial charge in [-0.2, -0.15) is 0 Å². The fraction of sp³-hybridized carbons (Fsp3) is 0.471. The first-order valence-corrected chi connectivity index (χ1v) is 7.58. The Hall–Kier alpha value is -1.81. The summed E-state index contributed by atoms with van der Waals surface area (Å²) in [7, 11) is 1.99. The van der Waals surface area contributed by atoms with Gasteiger partial charge in [-0.3, -0.25) is 9.69 Å². The molecule has 0 aliphatic carbocycles. The number of aryl methyl sites for hydroxylation is 1. The molecule has 0 unspecified atom stereocenters. The number of nitrogens with zero attached hydrogens (tertiary/aromatic N) is 1.